The van der Waals surface area contributed by atoms with Crippen molar-refractivity contribution in [1.82, 2.24) is 4.90 Å². The van der Waals surface area contributed by atoms with E-state index in [0.717, 1.165) is 22.3 Å². The maximum Gasteiger partial charge on any atom is 0.254 e. The fraction of sp³-hybridized carbons (Fsp3) is 0.346. The Morgan fingerprint density at radius 1 is 1.19 bits per heavy atom. The normalized spacial score (nSPS) is 14.4. The number of likely N-dealkylation sites (tertiary alicyclic amines) is 1. The van der Waals surface area contributed by atoms with E-state index in [2.05, 4.69) is 6.07 Å². The second kappa shape index (κ2) is 9.80. The van der Waals surface area contributed by atoms with Crippen LogP contribution >= 0.6 is 0 Å². The first kappa shape index (κ1) is 23.2. The van der Waals surface area contributed by atoms with Gasteiger partial charge in [-0.1, -0.05) is 18.2 Å². The number of carbonyl (C=O) groups excluding carboxylic acids is 1. The summed E-state index contributed by atoms with van der Waals surface area (Å²) in [7, 11) is 1.62. The largest absolute Gasteiger partial charge is 0.402 e. The minimum Gasteiger partial charge on any atom is -0.402 e. The van der Waals surface area contributed by atoms with E-state index in [1.165, 1.54) is 0 Å². The summed E-state index contributed by atoms with van der Waals surface area (Å²) in [5.74, 6) is 0.261. The zero-order chi connectivity index (χ0) is 23.4. The Balaban J connectivity index is 1.78. The standard InChI is InChI=1S/C26H30N4O2/c1-16-11-17(2)23(12-22(16)25(29)18(3)24(28)9-10-32-4)26(31)30-14-21(15-30)20-7-5-19(13-27)6-8-20/h5-8,11-12,21,29H,9-10,14-15,28H2,1-4H3/b24-18-,29-25?. The van der Waals surface area contributed by atoms with Crippen molar-refractivity contribution in [3.63, 3.8) is 0 Å². The number of carbonyl (C=O) groups is 1. The highest BCUT2D eigenvalue weighted by Gasteiger charge is 2.33. The van der Waals surface area contributed by atoms with Gasteiger partial charge in [-0.3, -0.25) is 10.2 Å². The Hall–Kier alpha value is -3.43. The number of benzene rings is 2. The zero-order valence-electron chi connectivity index (χ0n) is 19.2. The van der Waals surface area contributed by atoms with Gasteiger partial charge in [0.25, 0.3) is 5.91 Å². The van der Waals surface area contributed by atoms with Crippen LogP contribution in [-0.4, -0.2) is 43.3 Å². The predicted molar refractivity (Wildman–Crippen MR) is 126 cm³/mol. The number of rotatable bonds is 7. The van der Waals surface area contributed by atoms with Gasteiger partial charge in [-0.15, -0.1) is 0 Å². The van der Waals surface area contributed by atoms with E-state index in [1.54, 1.807) is 7.11 Å². The van der Waals surface area contributed by atoms with E-state index in [4.69, 9.17) is 21.1 Å². The quantitative estimate of drug-likeness (QED) is 0.647. The molecular weight excluding hydrogens is 400 g/mol. The third-order valence-corrected chi connectivity index (χ3v) is 6.18. The topological polar surface area (TPSA) is 103 Å². The number of nitrogens with one attached hydrogen (secondary N) is 1. The summed E-state index contributed by atoms with van der Waals surface area (Å²) in [5, 5.41) is 17.6. The Morgan fingerprint density at radius 3 is 2.41 bits per heavy atom. The summed E-state index contributed by atoms with van der Waals surface area (Å²) in [5.41, 5.74) is 12.8. The summed E-state index contributed by atoms with van der Waals surface area (Å²) < 4.78 is 5.09. The zero-order valence-corrected chi connectivity index (χ0v) is 19.2. The van der Waals surface area contributed by atoms with E-state index in [0.29, 0.717) is 54.2 Å². The van der Waals surface area contributed by atoms with Crippen molar-refractivity contribution >= 4 is 11.6 Å². The van der Waals surface area contributed by atoms with Gasteiger partial charge in [-0.25, -0.2) is 0 Å². The van der Waals surface area contributed by atoms with Crippen LogP contribution in [0.25, 0.3) is 0 Å². The molecule has 1 amide bonds. The first-order valence-electron chi connectivity index (χ1n) is 10.7. The molecule has 0 radical (unpaired) electrons. The lowest BCUT2D eigenvalue weighted by atomic mass is 9.88. The van der Waals surface area contributed by atoms with Gasteiger partial charge in [0, 0.05) is 49.4 Å². The minimum absolute atomic E-state index is 0.0181. The molecule has 32 heavy (non-hydrogen) atoms. The highest BCUT2D eigenvalue weighted by molar-refractivity contribution is 6.12. The van der Waals surface area contributed by atoms with Crippen molar-refractivity contribution in [2.45, 2.75) is 33.1 Å². The second-order valence-corrected chi connectivity index (χ2v) is 8.39. The van der Waals surface area contributed by atoms with Crippen LogP contribution < -0.4 is 5.73 Å². The van der Waals surface area contributed by atoms with Crippen LogP contribution in [0.1, 0.15) is 57.4 Å². The molecule has 0 aromatic heterocycles. The summed E-state index contributed by atoms with van der Waals surface area (Å²) in [6.45, 7) is 7.52. The Bertz CT molecular complexity index is 1100. The first-order chi connectivity index (χ1) is 15.3. The van der Waals surface area contributed by atoms with Crippen molar-refractivity contribution in [2.24, 2.45) is 5.73 Å². The van der Waals surface area contributed by atoms with E-state index >= 15 is 0 Å². The van der Waals surface area contributed by atoms with Gasteiger partial charge in [-0.05, 0) is 61.2 Å². The number of hydrogen-bond donors (Lipinski definition) is 2. The maximum atomic E-state index is 13.2. The average Bonchev–Trinajstić information content (AvgIpc) is 2.75. The first-order valence-corrected chi connectivity index (χ1v) is 10.7. The molecule has 1 aliphatic rings. The van der Waals surface area contributed by atoms with Crippen molar-refractivity contribution in [1.29, 1.82) is 10.7 Å². The number of nitriles is 1. The smallest absolute Gasteiger partial charge is 0.254 e. The SMILES string of the molecule is COCC/C(N)=C(\C)C(=N)c1cc(C(=O)N2CC(c3ccc(C#N)cc3)C2)c(C)cc1C. The summed E-state index contributed by atoms with van der Waals surface area (Å²) in [4.78, 5) is 15.1. The van der Waals surface area contributed by atoms with Crippen LogP contribution in [0.3, 0.4) is 0 Å². The highest BCUT2D eigenvalue weighted by atomic mass is 16.5. The number of aryl methyl sites for hydroxylation is 2. The van der Waals surface area contributed by atoms with E-state index < -0.39 is 0 Å². The van der Waals surface area contributed by atoms with Gasteiger partial charge >= 0.3 is 0 Å². The van der Waals surface area contributed by atoms with Crippen LogP contribution in [0, 0.1) is 30.6 Å². The molecule has 0 saturated carbocycles. The number of methoxy groups -OCH3 is 1. The van der Waals surface area contributed by atoms with Gasteiger partial charge in [0.2, 0.25) is 0 Å². The van der Waals surface area contributed by atoms with Crippen molar-refractivity contribution in [3.8, 4) is 6.07 Å². The number of nitrogens with zero attached hydrogens (tertiary/aromatic N) is 2. The third-order valence-electron chi connectivity index (χ3n) is 6.18. The Kier molecular flexibility index (Phi) is 7.12. The molecule has 1 fully saturated rings. The minimum atomic E-state index is -0.0181. The van der Waals surface area contributed by atoms with Gasteiger partial charge in [-0.2, -0.15) is 5.26 Å². The Morgan fingerprint density at radius 2 is 1.81 bits per heavy atom. The van der Waals surface area contributed by atoms with Gasteiger partial charge in [0.1, 0.15) is 0 Å². The van der Waals surface area contributed by atoms with Crippen molar-refractivity contribution in [3.05, 3.63) is 81.0 Å². The van der Waals surface area contributed by atoms with Gasteiger partial charge in [0.05, 0.1) is 24.0 Å². The van der Waals surface area contributed by atoms with Crippen LogP contribution in [0.4, 0.5) is 0 Å². The van der Waals surface area contributed by atoms with Crippen molar-refractivity contribution < 1.29 is 9.53 Å². The lowest BCUT2D eigenvalue weighted by molar-refractivity contribution is 0.0601. The third kappa shape index (κ3) is 4.74. The van der Waals surface area contributed by atoms with Crippen LogP contribution in [-0.2, 0) is 4.74 Å². The monoisotopic (exact) mass is 430 g/mol. The predicted octanol–water partition coefficient (Wildman–Crippen LogP) is 4.05. The van der Waals surface area contributed by atoms with Crippen molar-refractivity contribution in [2.75, 3.05) is 26.8 Å². The summed E-state index contributed by atoms with van der Waals surface area (Å²) >= 11 is 0. The fourth-order valence-corrected chi connectivity index (χ4v) is 3.97. The van der Waals surface area contributed by atoms with Crippen LogP contribution in [0.5, 0.6) is 0 Å². The molecule has 0 unspecified atom stereocenters. The van der Waals surface area contributed by atoms with E-state index in [-0.39, 0.29) is 11.8 Å². The molecule has 0 atom stereocenters. The van der Waals surface area contributed by atoms with Crippen LogP contribution in [0.2, 0.25) is 0 Å². The molecule has 2 aromatic carbocycles. The number of allylic oxidation sites excluding steroid dienone is 1. The molecule has 3 rings (SSSR count). The molecule has 2 aromatic rings. The molecule has 1 saturated heterocycles. The molecule has 166 valence electrons. The van der Waals surface area contributed by atoms with E-state index in [9.17, 15) is 4.79 Å². The number of amides is 1. The number of hydrogen-bond acceptors (Lipinski definition) is 5. The molecular formula is C26H30N4O2. The average molecular weight is 431 g/mol. The summed E-state index contributed by atoms with van der Waals surface area (Å²) in [6, 6.07) is 13.5. The molecule has 3 N–H and O–H groups in total. The van der Waals surface area contributed by atoms with Crippen LogP contribution in [0.15, 0.2) is 47.7 Å². The van der Waals surface area contributed by atoms with Gasteiger partial charge < -0.3 is 15.4 Å². The lowest BCUT2D eigenvalue weighted by Crippen LogP contribution is -2.48. The number of nitrogens with two attached hydrogens (primary N) is 1. The Labute approximate surface area is 189 Å². The second-order valence-electron chi connectivity index (χ2n) is 8.39. The molecule has 0 bridgehead atoms. The molecule has 0 aliphatic carbocycles. The fourth-order valence-electron chi connectivity index (χ4n) is 3.97. The molecule has 1 aliphatic heterocycles. The molecule has 6 heteroatoms. The molecule has 0 spiro atoms. The maximum absolute atomic E-state index is 13.2. The molecule has 1 heterocycles. The van der Waals surface area contributed by atoms with Gasteiger partial charge in [0.15, 0.2) is 0 Å². The molecule has 6 nitrogen and oxygen atoms in total. The summed E-state index contributed by atoms with van der Waals surface area (Å²) in [6.07, 6.45) is 0.561. The van der Waals surface area contributed by atoms with E-state index in [1.807, 2.05) is 62.1 Å². The number of ether oxygens (including phenoxy) is 1. The highest BCUT2D eigenvalue weighted by Crippen LogP contribution is 2.30. The lowest BCUT2D eigenvalue weighted by Gasteiger charge is -2.40.